The van der Waals surface area contributed by atoms with Gasteiger partial charge in [-0.3, -0.25) is 0 Å². The average molecular weight is 174 g/mol. The van der Waals surface area contributed by atoms with Crippen LogP contribution in [0.5, 0.6) is 0 Å². The van der Waals surface area contributed by atoms with Gasteiger partial charge in [-0.05, 0) is 12.2 Å². The monoisotopic (exact) mass is 174 g/mol. The summed E-state index contributed by atoms with van der Waals surface area (Å²) in [5, 5.41) is 21.8. The summed E-state index contributed by atoms with van der Waals surface area (Å²) in [6, 6.07) is 0. The summed E-state index contributed by atoms with van der Waals surface area (Å²) in [7, 11) is 0. The molecule has 0 aliphatic rings. The third-order valence-electron chi connectivity index (χ3n) is 1.17. The van der Waals surface area contributed by atoms with E-state index in [1.165, 1.54) is 11.8 Å². The van der Waals surface area contributed by atoms with Gasteiger partial charge in [0, 0.05) is 6.42 Å². The molecule has 0 aliphatic heterocycles. The SMILES string of the molecule is OCSCCCc1nn[nH]n1. The van der Waals surface area contributed by atoms with Crippen LogP contribution >= 0.6 is 11.8 Å². The highest BCUT2D eigenvalue weighted by Gasteiger charge is 1.96. The molecule has 0 saturated heterocycles. The Kier molecular flexibility index (Phi) is 3.92. The Hall–Kier alpha value is -0.620. The number of aromatic nitrogens is 4. The molecule has 11 heavy (non-hydrogen) atoms. The van der Waals surface area contributed by atoms with Crippen LogP contribution in [0.2, 0.25) is 0 Å². The third kappa shape index (κ3) is 3.33. The molecule has 62 valence electrons. The van der Waals surface area contributed by atoms with Crippen LogP contribution in [0.3, 0.4) is 0 Å². The first kappa shape index (κ1) is 8.48. The second kappa shape index (κ2) is 5.09. The second-order valence-corrected chi connectivity index (χ2v) is 3.04. The molecule has 5 nitrogen and oxygen atoms in total. The molecule has 0 unspecified atom stereocenters. The van der Waals surface area contributed by atoms with E-state index in [1.54, 1.807) is 0 Å². The van der Waals surface area contributed by atoms with E-state index in [2.05, 4.69) is 20.6 Å². The van der Waals surface area contributed by atoms with E-state index in [0.717, 1.165) is 24.4 Å². The predicted octanol–water partition coefficient (Wildman–Crippen LogP) is -0.185. The van der Waals surface area contributed by atoms with Gasteiger partial charge in [0.15, 0.2) is 5.82 Å². The number of tetrazole rings is 1. The number of aromatic amines is 1. The molecule has 0 radical (unpaired) electrons. The first-order chi connectivity index (χ1) is 5.43. The topological polar surface area (TPSA) is 74.7 Å². The average Bonchev–Trinajstić information content (AvgIpc) is 2.50. The van der Waals surface area contributed by atoms with Gasteiger partial charge in [-0.15, -0.1) is 22.0 Å². The zero-order chi connectivity index (χ0) is 7.94. The fourth-order valence-corrected chi connectivity index (χ4v) is 1.16. The summed E-state index contributed by atoms with van der Waals surface area (Å²) in [5.74, 6) is 1.86. The maximum absolute atomic E-state index is 8.44. The van der Waals surface area contributed by atoms with Crippen molar-refractivity contribution in [1.82, 2.24) is 20.6 Å². The van der Waals surface area contributed by atoms with Gasteiger partial charge in [-0.25, -0.2) is 0 Å². The second-order valence-electron chi connectivity index (χ2n) is 1.97. The van der Waals surface area contributed by atoms with E-state index in [9.17, 15) is 0 Å². The molecule has 1 aromatic rings. The van der Waals surface area contributed by atoms with Gasteiger partial charge in [-0.1, -0.05) is 5.21 Å². The number of nitrogens with zero attached hydrogens (tertiary/aromatic N) is 3. The highest BCUT2D eigenvalue weighted by atomic mass is 32.2. The molecule has 1 rings (SSSR count). The molecular formula is C5H10N4OS. The highest BCUT2D eigenvalue weighted by Crippen LogP contribution is 2.02. The number of nitrogens with one attached hydrogen (secondary N) is 1. The van der Waals surface area contributed by atoms with E-state index in [1.807, 2.05) is 0 Å². The van der Waals surface area contributed by atoms with E-state index in [4.69, 9.17) is 5.11 Å². The Morgan fingerprint density at radius 1 is 1.55 bits per heavy atom. The van der Waals surface area contributed by atoms with Crippen molar-refractivity contribution in [2.45, 2.75) is 12.8 Å². The van der Waals surface area contributed by atoms with E-state index >= 15 is 0 Å². The van der Waals surface area contributed by atoms with Crippen LogP contribution in [0.4, 0.5) is 0 Å². The molecule has 2 N–H and O–H groups in total. The molecule has 0 aromatic carbocycles. The zero-order valence-electron chi connectivity index (χ0n) is 6.03. The number of rotatable bonds is 5. The lowest BCUT2D eigenvalue weighted by atomic mass is 10.3. The van der Waals surface area contributed by atoms with Gasteiger partial charge in [-0.2, -0.15) is 5.21 Å². The largest absolute Gasteiger partial charge is 0.386 e. The van der Waals surface area contributed by atoms with Gasteiger partial charge < -0.3 is 5.11 Å². The Morgan fingerprint density at radius 2 is 2.45 bits per heavy atom. The standard InChI is InChI=1S/C5H10N4OS/c10-4-11-3-1-2-5-6-8-9-7-5/h10H,1-4H2,(H,6,7,8,9). The van der Waals surface area contributed by atoms with E-state index in [-0.39, 0.29) is 5.94 Å². The van der Waals surface area contributed by atoms with Crippen molar-refractivity contribution < 1.29 is 5.11 Å². The van der Waals surface area contributed by atoms with Crippen molar-refractivity contribution in [1.29, 1.82) is 0 Å². The van der Waals surface area contributed by atoms with Gasteiger partial charge in [0.25, 0.3) is 0 Å². The summed E-state index contributed by atoms with van der Waals surface area (Å²) in [6.07, 6.45) is 1.80. The predicted molar refractivity (Wildman–Crippen MR) is 42.0 cm³/mol. The molecule has 0 bridgehead atoms. The van der Waals surface area contributed by atoms with Crippen LogP contribution in [-0.4, -0.2) is 37.4 Å². The van der Waals surface area contributed by atoms with Gasteiger partial charge >= 0.3 is 0 Å². The van der Waals surface area contributed by atoms with Crippen molar-refractivity contribution in [2.75, 3.05) is 11.7 Å². The van der Waals surface area contributed by atoms with Crippen LogP contribution in [0, 0.1) is 0 Å². The lowest BCUT2D eigenvalue weighted by molar-refractivity contribution is 0.375. The van der Waals surface area contributed by atoms with Gasteiger partial charge in [0.2, 0.25) is 0 Å². The summed E-state index contributed by atoms with van der Waals surface area (Å²) in [4.78, 5) is 0. The van der Waals surface area contributed by atoms with E-state index in [0.29, 0.717) is 0 Å². The normalized spacial score (nSPS) is 10.3. The molecule has 0 fully saturated rings. The summed E-state index contributed by atoms with van der Waals surface area (Å²) >= 11 is 1.50. The molecule has 0 saturated carbocycles. The lowest BCUT2D eigenvalue weighted by Crippen LogP contribution is -1.91. The number of H-pyrrole nitrogens is 1. The van der Waals surface area contributed by atoms with Crippen molar-refractivity contribution >= 4 is 11.8 Å². The molecule has 0 amide bonds. The molecule has 6 heteroatoms. The Morgan fingerprint density at radius 3 is 3.09 bits per heavy atom. The van der Waals surface area contributed by atoms with Crippen molar-refractivity contribution in [2.24, 2.45) is 0 Å². The molecular weight excluding hydrogens is 164 g/mol. The molecule has 1 heterocycles. The number of hydrogen-bond acceptors (Lipinski definition) is 5. The summed E-state index contributed by atoms with van der Waals surface area (Å²) in [6.45, 7) is 0. The van der Waals surface area contributed by atoms with Crippen LogP contribution in [0.15, 0.2) is 0 Å². The Balaban J connectivity index is 2.04. The Bertz CT molecular complexity index is 179. The lowest BCUT2D eigenvalue weighted by Gasteiger charge is -1.93. The van der Waals surface area contributed by atoms with Gasteiger partial charge in [0.1, 0.15) is 0 Å². The molecule has 1 aromatic heterocycles. The molecule has 0 aliphatic carbocycles. The van der Waals surface area contributed by atoms with Gasteiger partial charge in [0.05, 0.1) is 5.94 Å². The minimum Gasteiger partial charge on any atom is -0.386 e. The van der Waals surface area contributed by atoms with Crippen LogP contribution in [0.25, 0.3) is 0 Å². The fourth-order valence-electron chi connectivity index (χ4n) is 0.685. The van der Waals surface area contributed by atoms with Crippen LogP contribution < -0.4 is 0 Å². The minimum absolute atomic E-state index is 0.187. The minimum atomic E-state index is 0.187. The number of aliphatic hydroxyl groups excluding tert-OH is 1. The maximum atomic E-state index is 8.44. The maximum Gasteiger partial charge on any atom is 0.174 e. The zero-order valence-corrected chi connectivity index (χ0v) is 6.84. The number of thioether (sulfide) groups is 1. The van der Waals surface area contributed by atoms with Crippen molar-refractivity contribution in [3.8, 4) is 0 Å². The van der Waals surface area contributed by atoms with Crippen molar-refractivity contribution in [3.05, 3.63) is 5.82 Å². The van der Waals surface area contributed by atoms with Crippen LogP contribution in [0.1, 0.15) is 12.2 Å². The smallest absolute Gasteiger partial charge is 0.174 e. The fraction of sp³-hybridized carbons (Fsp3) is 0.800. The first-order valence-corrected chi connectivity index (χ1v) is 4.50. The first-order valence-electron chi connectivity index (χ1n) is 3.34. The van der Waals surface area contributed by atoms with Crippen molar-refractivity contribution in [3.63, 3.8) is 0 Å². The molecule has 0 spiro atoms. The number of aryl methyl sites for hydroxylation is 1. The third-order valence-corrected chi connectivity index (χ3v) is 1.93. The number of aliphatic hydroxyl groups is 1. The number of hydrogen-bond donors (Lipinski definition) is 2. The highest BCUT2D eigenvalue weighted by molar-refractivity contribution is 7.99. The summed E-state index contributed by atoms with van der Waals surface area (Å²) in [5.41, 5.74) is 0. The molecule has 0 atom stereocenters. The summed E-state index contributed by atoms with van der Waals surface area (Å²) < 4.78 is 0. The van der Waals surface area contributed by atoms with Crippen LogP contribution in [-0.2, 0) is 6.42 Å². The Labute approximate surface area is 68.6 Å². The quantitative estimate of drug-likeness (QED) is 0.478. The van der Waals surface area contributed by atoms with E-state index < -0.39 is 0 Å².